The maximum Gasteiger partial charge on any atom is 0.303 e. The minimum absolute atomic E-state index is 0.0320. The Balaban J connectivity index is 1.63. The number of hydrogen-bond donors (Lipinski definition) is 3. The molecule has 7 nitrogen and oxygen atoms in total. The Labute approximate surface area is 197 Å². The maximum atomic E-state index is 13.7. The number of nitrogens with one attached hydrogen (secondary N) is 2. The molecule has 4 rings (SSSR count). The van der Waals surface area contributed by atoms with Crippen LogP contribution >= 0.6 is 0 Å². The number of carbonyl (C=O) groups excluding carboxylic acids is 1. The number of aliphatic carboxylic acids is 1. The zero-order valence-corrected chi connectivity index (χ0v) is 18.8. The number of hydrogen-bond acceptors (Lipinski definition) is 5. The summed E-state index contributed by atoms with van der Waals surface area (Å²) in [6.07, 6.45) is 2.17. The maximum absolute atomic E-state index is 13.7. The van der Waals surface area contributed by atoms with Crippen LogP contribution in [0.3, 0.4) is 0 Å². The van der Waals surface area contributed by atoms with Crippen LogP contribution in [0.15, 0.2) is 79.0 Å². The molecule has 0 saturated carbocycles. The number of fused-ring (bicyclic) bond motifs is 1. The first-order chi connectivity index (χ1) is 16.5. The molecule has 3 N–H and O–H groups in total. The van der Waals surface area contributed by atoms with Gasteiger partial charge in [-0.15, -0.1) is 0 Å². The lowest BCUT2D eigenvalue weighted by Crippen LogP contribution is -2.21. The van der Waals surface area contributed by atoms with Gasteiger partial charge in [-0.05, 0) is 18.1 Å². The van der Waals surface area contributed by atoms with Crippen LogP contribution in [-0.4, -0.2) is 35.6 Å². The van der Waals surface area contributed by atoms with E-state index < -0.39 is 12.0 Å². The van der Waals surface area contributed by atoms with E-state index in [1.807, 2.05) is 54.6 Å². The van der Waals surface area contributed by atoms with Gasteiger partial charge in [0, 0.05) is 53.0 Å². The van der Waals surface area contributed by atoms with Crippen molar-refractivity contribution in [1.29, 1.82) is 0 Å². The summed E-state index contributed by atoms with van der Waals surface area (Å²) >= 11 is 0. The van der Waals surface area contributed by atoms with Crippen molar-refractivity contribution < 1.29 is 24.2 Å². The highest BCUT2D eigenvalue weighted by Crippen LogP contribution is 2.31. The molecule has 4 aromatic rings. The molecule has 0 bridgehead atoms. The summed E-state index contributed by atoms with van der Waals surface area (Å²) in [6, 6.07) is 21.9. The summed E-state index contributed by atoms with van der Waals surface area (Å²) in [6.45, 7) is 0.259. The molecule has 0 spiro atoms. The van der Waals surface area contributed by atoms with Gasteiger partial charge < -0.3 is 24.9 Å². The summed E-state index contributed by atoms with van der Waals surface area (Å²) < 4.78 is 11.2. The van der Waals surface area contributed by atoms with Gasteiger partial charge in [-0.3, -0.25) is 9.59 Å². The lowest BCUT2D eigenvalue weighted by Gasteiger charge is -2.20. The molecule has 0 radical (unpaired) electrons. The Morgan fingerprint density at radius 3 is 2.50 bits per heavy atom. The molecule has 0 aliphatic carbocycles. The molecular weight excluding hydrogens is 432 g/mol. The van der Waals surface area contributed by atoms with Crippen molar-refractivity contribution in [2.45, 2.75) is 18.9 Å². The smallest absolute Gasteiger partial charge is 0.303 e. The summed E-state index contributed by atoms with van der Waals surface area (Å²) in [5, 5.41) is 13.0. The van der Waals surface area contributed by atoms with Crippen molar-refractivity contribution in [1.82, 2.24) is 4.98 Å². The average Bonchev–Trinajstić information content (AvgIpc) is 3.29. The number of aromatic amines is 1. The first-order valence-corrected chi connectivity index (χ1v) is 11.0. The molecular formula is C27H26N2O5. The van der Waals surface area contributed by atoms with Crippen molar-refractivity contribution >= 4 is 28.3 Å². The predicted octanol–water partition coefficient (Wildman–Crippen LogP) is 5.46. The standard InChI is InChI=1S/C27H26N2O5/c1-33-20-14-19(15-21(16-20)34-13-7-12-25(30)31)29-26(18-8-3-2-4-9-18)27(32)23-17-28-24-11-6-5-10-22(23)24/h2-6,8-11,14-17,26,28-29H,7,12-13H2,1H3,(H,30,31). The van der Waals surface area contributed by atoms with E-state index in [2.05, 4.69) is 10.3 Å². The molecule has 3 aromatic carbocycles. The van der Waals surface area contributed by atoms with E-state index in [1.165, 1.54) is 0 Å². The third-order valence-corrected chi connectivity index (χ3v) is 5.48. The van der Waals surface area contributed by atoms with E-state index in [9.17, 15) is 9.59 Å². The van der Waals surface area contributed by atoms with Gasteiger partial charge in [0.15, 0.2) is 5.78 Å². The van der Waals surface area contributed by atoms with Crippen LogP contribution < -0.4 is 14.8 Å². The number of carbonyl (C=O) groups is 2. The summed E-state index contributed by atoms with van der Waals surface area (Å²) in [5.74, 6) is 0.150. The van der Waals surface area contributed by atoms with E-state index in [0.29, 0.717) is 29.2 Å². The largest absolute Gasteiger partial charge is 0.497 e. The summed E-state index contributed by atoms with van der Waals surface area (Å²) in [7, 11) is 1.55. The van der Waals surface area contributed by atoms with Gasteiger partial charge >= 0.3 is 5.97 Å². The Hall–Kier alpha value is -4.26. The molecule has 1 unspecified atom stereocenters. The fourth-order valence-electron chi connectivity index (χ4n) is 3.81. The van der Waals surface area contributed by atoms with Gasteiger partial charge in [-0.25, -0.2) is 0 Å². The number of anilines is 1. The molecule has 34 heavy (non-hydrogen) atoms. The average molecular weight is 459 g/mol. The number of benzene rings is 3. The summed E-state index contributed by atoms with van der Waals surface area (Å²) in [5.41, 5.74) is 2.97. The first kappa shape index (κ1) is 22.9. The van der Waals surface area contributed by atoms with Crippen LogP contribution in [0.25, 0.3) is 10.9 Å². The van der Waals surface area contributed by atoms with Crippen LogP contribution in [0, 0.1) is 0 Å². The normalized spacial score (nSPS) is 11.7. The molecule has 174 valence electrons. The molecule has 0 aliphatic rings. The zero-order valence-electron chi connectivity index (χ0n) is 18.8. The number of aromatic nitrogens is 1. The third kappa shape index (κ3) is 5.38. The van der Waals surface area contributed by atoms with E-state index in [-0.39, 0.29) is 18.8 Å². The number of rotatable bonds is 11. The number of para-hydroxylation sites is 1. The van der Waals surface area contributed by atoms with Crippen molar-refractivity contribution in [2.24, 2.45) is 0 Å². The van der Waals surface area contributed by atoms with Gasteiger partial charge in [0.1, 0.15) is 17.5 Å². The lowest BCUT2D eigenvalue weighted by molar-refractivity contribution is -0.137. The van der Waals surface area contributed by atoms with Crippen molar-refractivity contribution in [3.05, 3.63) is 90.1 Å². The highest BCUT2D eigenvalue weighted by molar-refractivity contribution is 6.11. The molecule has 0 amide bonds. The summed E-state index contributed by atoms with van der Waals surface area (Å²) in [4.78, 5) is 27.7. The van der Waals surface area contributed by atoms with Crippen LogP contribution in [0.1, 0.15) is 34.8 Å². The number of methoxy groups -OCH3 is 1. The Bertz CT molecular complexity index is 1280. The Morgan fingerprint density at radius 1 is 1.00 bits per heavy atom. The van der Waals surface area contributed by atoms with E-state index in [1.54, 1.807) is 31.5 Å². The number of carboxylic acids is 1. The highest BCUT2D eigenvalue weighted by atomic mass is 16.5. The third-order valence-electron chi connectivity index (χ3n) is 5.48. The molecule has 1 atom stereocenters. The number of ketones is 1. The fourth-order valence-corrected chi connectivity index (χ4v) is 3.81. The zero-order chi connectivity index (χ0) is 23.9. The quantitative estimate of drug-likeness (QED) is 0.204. The molecule has 1 heterocycles. The first-order valence-electron chi connectivity index (χ1n) is 11.0. The van der Waals surface area contributed by atoms with E-state index in [0.717, 1.165) is 16.5 Å². The van der Waals surface area contributed by atoms with Crippen molar-refractivity contribution in [3.8, 4) is 11.5 Å². The predicted molar refractivity (Wildman–Crippen MR) is 131 cm³/mol. The second-order valence-electron chi connectivity index (χ2n) is 7.84. The van der Waals surface area contributed by atoms with Gasteiger partial charge in [-0.1, -0.05) is 48.5 Å². The van der Waals surface area contributed by atoms with Crippen molar-refractivity contribution in [3.63, 3.8) is 0 Å². The molecule has 0 aliphatic heterocycles. The van der Waals surface area contributed by atoms with Gasteiger partial charge in [0.2, 0.25) is 0 Å². The number of carboxylic acid groups (broad SMARTS) is 1. The Kier molecular flexibility index (Phi) is 7.13. The van der Waals surface area contributed by atoms with Crippen LogP contribution in [-0.2, 0) is 4.79 Å². The topological polar surface area (TPSA) is 101 Å². The van der Waals surface area contributed by atoms with Crippen LogP contribution in [0.5, 0.6) is 11.5 Å². The molecule has 7 heteroatoms. The van der Waals surface area contributed by atoms with Crippen LogP contribution in [0.2, 0.25) is 0 Å². The Morgan fingerprint density at radius 2 is 1.74 bits per heavy atom. The fraction of sp³-hybridized carbons (Fsp3) is 0.185. The monoisotopic (exact) mass is 458 g/mol. The SMILES string of the molecule is COc1cc(NC(C(=O)c2c[nH]c3ccccc23)c2ccccc2)cc(OCCCC(=O)O)c1. The lowest BCUT2D eigenvalue weighted by atomic mass is 9.96. The minimum atomic E-state index is -0.863. The van der Waals surface area contributed by atoms with Gasteiger partial charge in [0.05, 0.1) is 13.7 Å². The molecule has 0 saturated heterocycles. The van der Waals surface area contributed by atoms with Crippen molar-refractivity contribution in [2.75, 3.05) is 19.0 Å². The van der Waals surface area contributed by atoms with Gasteiger partial charge in [0.25, 0.3) is 0 Å². The van der Waals surface area contributed by atoms with E-state index in [4.69, 9.17) is 14.6 Å². The van der Waals surface area contributed by atoms with E-state index >= 15 is 0 Å². The number of ether oxygens (including phenoxy) is 2. The molecule has 1 aromatic heterocycles. The highest BCUT2D eigenvalue weighted by Gasteiger charge is 2.25. The second kappa shape index (κ2) is 10.6. The second-order valence-corrected chi connectivity index (χ2v) is 7.84. The molecule has 0 fully saturated rings. The van der Waals surface area contributed by atoms with Gasteiger partial charge in [-0.2, -0.15) is 0 Å². The van der Waals surface area contributed by atoms with Crippen LogP contribution in [0.4, 0.5) is 5.69 Å². The number of H-pyrrole nitrogens is 1. The number of Topliss-reactive ketones (excluding diaryl/α,β-unsaturated/α-hetero) is 1. The minimum Gasteiger partial charge on any atom is -0.497 e.